The SMILES string of the molecule is CCN(C)/C=N\c1cc(C)c(C(=O)C(C)(C#N)Sc2cccc(C)c2)cc1C. The molecule has 0 saturated heterocycles. The summed E-state index contributed by atoms with van der Waals surface area (Å²) in [5, 5.41) is 9.81. The van der Waals surface area contributed by atoms with E-state index in [-0.39, 0.29) is 5.78 Å². The minimum atomic E-state index is -1.20. The van der Waals surface area contributed by atoms with Crippen LogP contribution in [-0.4, -0.2) is 35.4 Å². The van der Waals surface area contributed by atoms with Gasteiger partial charge in [0, 0.05) is 24.1 Å². The van der Waals surface area contributed by atoms with Crippen molar-refractivity contribution in [3.8, 4) is 6.07 Å². The third-order valence-electron chi connectivity index (χ3n) is 4.64. The zero-order valence-corrected chi connectivity index (χ0v) is 18.2. The van der Waals surface area contributed by atoms with Crippen LogP contribution in [0.1, 0.15) is 40.9 Å². The first kappa shape index (κ1) is 21.7. The van der Waals surface area contributed by atoms with Gasteiger partial charge >= 0.3 is 0 Å². The van der Waals surface area contributed by atoms with Gasteiger partial charge in [-0.05, 0) is 70.0 Å². The molecule has 0 radical (unpaired) electrons. The van der Waals surface area contributed by atoms with Crippen molar-refractivity contribution in [3.05, 3.63) is 58.7 Å². The van der Waals surface area contributed by atoms with Gasteiger partial charge in [0.05, 0.1) is 18.1 Å². The fourth-order valence-corrected chi connectivity index (χ4v) is 3.83. The molecule has 2 aromatic rings. The molecule has 2 aromatic carbocycles. The highest BCUT2D eigenvalue weighted by atomic mass is 32.2. The van der Waals surface area contributed by atoms with E-state index < -0.39 is 4.75 Å². The standard InChI is InChI=1S/C23H27N3OS/c1-7-26(6)15-25-21-13-17(3)20(12-18(21)4)22(27)23(5,14-24)28-19-10-8-9-16(2)11-19/h8-13,15H,7H2,1-6H3/b25-15-. The zero-order valence-electron chi connectivity index (χ0n) is 17.4. The first-order valence-electron chi connectivity index (χ1n) is 9.27. The highest BCUT2D eigenvalue weighted by molar-refractivity contribution is 8.01. The molecule has 0 aliphatic carbocycles. The summed E-state index contributed by atoms with van der Waals surface area (Å²) in [6.45, 7) is 10.4. The number of ketones is 1. The molecular formula is C23H27N3OS. The van der Waals surface area contributed by atoms with E-state index in [1.165, 1.54) is 11.8 Å². The lowest BCUT2D eigenvalue weighted by Crippen LogP contribution is -2.30. The first-order chi connectivity index (χ1) is 13.2. The number of thioether (sulfide) groups is 1. The Balaban J connectivity index is 2.37. The highest BCUT2D eigenvalue weighted by Crippen LogP contribution is 2.37. The number of Topliss-reactive ketones (excluding diaryl/α,β-unsaturated/α-hetero) is 1. The van der Waals surface area contributed by atoms with Crippen LogP contribution in [0.15, 0.2) is 46.3 Å². The fraction of sp³-hybridized carbons (Fsp3) is 0.348. The topological polar surface area (TPSA) is 56.5 Å². The van der Waals surface area contributed by atoms with Gasteiger partial charge in [-0.3, -0.25) is 4.79 Å². The number of aryl methyl sites for hydroxylation is 3. The molecule has 146 valence electrons. The molecule has 5 heteroatoms. The summed E-state index contributed by atoms with van der Waals surface area (Å²) in [5.41, 5.74) is 4.25. The summed E-state index contributed by atoms with van der Waals surface area (Å²) in [5.74, 6) is -0.177. The van der Waals surface area contributed by atoms with Crippen molar-refractivity contribution in [1.82, 2.24) is 4.90 Å². The molecule has 0 saturated carbocycles. The van der Waals surface area contributed by atoms with E-state index in [2.05, 4.69) is 18.0 Å². The van der Waals surface area contributed by atoms with Crippen LogP contribution < -0.4 is 0 Å². The van der Waals surface area contributed by atoms with Crippen LogP contribution >= 0.6 is 11.8 Å². The quantitative estimate of drug-likeness (QED) is 0.270. The lowest BCUT2D eigenvalue weighted by atomic mass is 9.94. The van der Waals surface area contributed by atoms with Gasteiger partial charge in [0.15, 0.2) is 10.5 Å². The van der Waals surface area contributed by atoms with E-state index in [1.54, 1.807) is 13.3 Å². The molecule has 0 heterocycles. The number of aliphatic imine (C=N–C) groups is 1. The number of nitrogens with zero attached hydrogens (tertiary/aromatic N) is 3. The van der Waals surface area contributed by atoms with Gasteiger partial charge in [0.2, 0.25) is 0 Å². The average Bonchev–Trinajstić information content (AvgIpc) is 2.67. The Morgan fingerprint density at radius 3 is 2.57 bits per heavy atom. The van der Waals surface area contributed by atoms with E-state index in [9.17, 15) is 10.1 Å². The van der Waals surface area contributed by atoms with Crippen LogP contribution in [0, 0.1) is 32.1 Å². The average molecular weight is 394 g/mol. The van der Waals surface area contributed by atoms with Crippen molar-refractivity contribution >= 4 is 29.6 Å². The summed E-state index contributed by atoms with van der Waals surface area (Å²) in [6.07, 6.45) is 1.79. The maximum atomic E-state index is 13.3. The van der Waals surface area contributed by atoms with E-state index in [4.69, 9.17) is 0 Å². The number of hydrogen-bond acceptors (Lipinski definition) is 4. The first-order valence-corrected chi connectivity index (χ1v) is 10.1. The van der Waals surface area contributed by atoms with Crippen molar-refractivity contribution < 1.29 is 4.79 Å². The normalized spacial score (nSPS) is 13.2. The van der Waals surface area contributed by atoms with Crippen LogP contribution in [0.2, 0.25) is 0 Å². The van der Waals surface area contributed by atoms with E-state index in [0.29, 0.717) is 5.56 Å². The van der Waals surface area contributed by atoms with E-state index in [0.717, 1.165) is 33.8 Å². The number of rotatable bonds is 7. The fourth-order valence-electron chi connectivity index (χ4n) is 2.72. The monoisotopic (exact) mass is 393 g/mol. The second kappa shape index (κ2) is 9.07. The third kappa shape index (κ3) is 5.02. The van der Waals surface area contributed by atoms with Crippen LogP contribution in [0.4, 0.5) is 5.69 Å². The van der Waals surface area contributed by atoms with Crippen LogP contribution in [0.3, 0.4) is 0 Å². The van der Waals surface area contributed by atoms with Crippen molar-refractivity contribution in [3.63, 3.8) is 0 Å². The smallest absolute Gasteiger partial charge is 0.193 e. The Hall–Kier alpha value is -2.58. The number of benzene rings is 2. The molecule has 0 bridgehead atoms. The Morgan fingerprint density at radius 2 is 1.96 bits per heavy atom. The van der Waals surface area contributed by atoms with Gasteiger partial charge in [-0.25, -0.2) is 4.99 Å². The Bertz CT molecular complexity index is 945. The second-order valence-corrected chi connectivity index (χ2v) is 8.66. The molecule has 4 nitrogen and oxygen atoms in total. The maximum absolute atomic E-state index is 13.3. The van der Waals surface area contributed by atoms with Gasteiger partial charge in [0.1, 0.15) is 0 Å². The maximum Gasteiger partial charge on any atom is 0.193 e. The predicted octanol–water partition coefficient (Wildman–Crippen LogP) is 5.48. The summed E-state index contributed by atoms with van der Waals surface area (Å²) in [4.78, 5) is 20.7. The number of carbonyl (C=O) groups excluding carboxylic acids is 1. The predicted molar refractivity (Wildman–Crippen MR) is 118 cm³/mol. The van der Waals surface area contributed by atoms with Crippen molar-refractivity contribution in [2.24, 2.45) is 4.99 Å². The van der Waals surface area contributed by atoms with E-state index in [1.807, 2.05) is 69.1 Å². The summed E-state index contributed by atoms with van der Waals surface area (Å²) >= 11 is 1.30. The van der Waals surface area contributed by atoms with Gasteiger partial charge in [0.25, 0.3) is 0 Å². The Labute approximate surface area is 172 Å². The summed E-state index contributed by atoms with van der Waals surface area (Å²) in [7, 11) is 1.96. The van der Waals surface area contributed by atoms with Crippen LogP contribution in [-0.2, 0) is 0 Å². The van der Waals surface area contributed by atoms with Crippen molar-refractivity contribution in [2.75, 3.05) is 13.6 Å². The molecule has 1 unspecified atom stereocenters. The number of nitriles is 1. The molecule has 2 rings (SSSR count). The molecule has 28 heavy (non-hydrogen) atoms. The number of carbonyl (C=O) groups is 1. The van der Waals surface area contributed by atoms with E-state index >= 15 is 0 Å². The summed E-state index contributed by atoms with van der Waals surface area (Å²) in [6, 6.07) is 13.9. The lowest BCUT2D eigenvalue weighted by Gasteiger charge is -2.21. The van der Waals surface area contributed by atoms with Gasteiger partial charge in [-0.1, -0.05) is 29.5 Å². The summed E-state index contributed by atoms with van der Waals surface area (Å²) < 4.78 is -1.20. The van der Waals surface area contributed by atoms with Crippen molar-refractivity contribution in [1.29, 1.82) is 5.26 Å². The van der Waals surface area contributed by atoms with Crippen LogP contribution in [0.25, 0.3) is 0 Å². The Morgan fingerprint density at radius 1 is 1.25 bits per heavy atom. The second-order valence-electron chi connectivity index (χ2n) is 7.16. The third-order valence-corrected chi connectivity index (χ3v) is 5.81. The van der Waals surface area contributed by atoms with Crippen LogP contribution in [0.5, 0.6) is 0 Å². The van der Waals surface area contributed by atoms with Crippen molar-refractivity contribution in [2.45, 2.75) is 44.3 Å². The van der Waals surface area contributed by atoms with Gasteiger partial charge < -0.3 is 4.90 Å². The molecule has 0 aromatic heterocycles. The minimum absolute atomic E-state index is 0.177. The molecule has 0 aliphatic rings. The largest absolute Gasteiger partial charge is 0.366 e. The molecule has 0 fully saturated rings. The van der Waals surface area contributed by atoms with Gasteiger partial charge in [-0.15, -0.1) is 0 Å². The molecule has 0 spiro atoms. The molecular weight excluding hydrogens is 366 g/mol. The molecule has 0 aliphatic heterocycles. The molecule has 0 amide bonds. The number of hydrogen-bond donors (Lipinski definition) is 0. The zero-order chi connectivity index (χ0) is 20.9. The molecule has 0 N–H and O–H groups in total. The highest BCUT2D eigenvalue weighted by Gasteiger charge is 2.36. The molecule has 1 atom stereocenters. The minimum Gasteiger partial charge on any atom is -0.366 e. The van der Waals surface area contributed by atoms with Gasteiger partial charge in [-0.2, -0.15) is 5.26 Å². The Kier molecular flexibility index (Phi) is 7.04. The lowest BCUT2D eigenvalue weighted by molar-refractivity contribution is 0.0971.